The highest BCUT2D eigenvalue weighted by Gasteiger charge is 2.25. The molecule has 0 aliphatic rings. The van der Waals surface area contributed by atoms with Crippen LogP contribution in [0.15, 0.2) is 24.3 Å². The summed E-state index contributed by atoms with van der Waals surface area (Å²) in [6.07, 6.45) is 0. The first-order valence-electron chi connectivity index (χ1n) is 6.41. The van der Waals surface area contributed by atoms with Crippen LogP contribution < -0.4 is 10.1 Å². The molecule has 1 amide bonds. The molecule has 0 saturated carbocycles. The van der Waals surface area contributed by atoms with E-state index in [0.29, 0.717) is 11.3 Å². The molecule has 0 heterocycles. The Morgan fingerprint density at radius 3 is 2.00 bits per heavy atom. The molecule has 0 saturated heterocycles. The minimum Gasteiger partial charge on any atom is -0.425 e. The number of amides is 1. The monoisotopic (exact) mass is 277 g/mol. The van der Waals surface area contributed by atoms with E-state index in [4.69, 9.17) is 4.74 Å². The molecule has 5 heteroatoms. The lowest BCUT2D eigenvalue weighted by Gasteiger charge is -2.19. The van der Waals surface area contributed by atoms with Gasteiger partial charge in [0.25, 0.3) is 0 Å². The Kier molecular flexibility index (Phi) is 5.43. The second-order valence-corrected chi connectivity index (χ2v) is 4.92. The number of carbonyl (C=O) groups excluding carboxylic acids is 3. The number of hydrogen-bond acceptors (Lipinski definition) is 4. The molecule has 1 aromatic carbocycles. The molecule has 1 atom stereocenters. The van der Waals surface area contributed by atoms with Crippen LogP contribution in [0.3, 0.4) is 0 Å². The molecule has 1 N–H and O–H groups in total. The Morgan fingerprint density at radius 1 is 1.05 bits per heavy atom. The maximum atomic E-state index is 12.0. The van der Waals surface area contributed by atoms with E-state index in [1.165, 1.54) is 13.8 Å². The van der Waals surface area contributed by atoms with Crippen LogP contribution in [-0.4, -0.2) is 23.7 Å². The SMILES string of the molecule is CC(=O)N[C@H](C(=O)Oc1ccc(C(C)=O)cc1)C(C)C. The van der Waals surface area contributed by atoms with Gasteiger partial charge in [0.1, 0.15) is 11.8 Å². The lowest BCUT2D eigenvalue weighted by atomic mass is 10.0. The van der Waals surface area contributed by atoms with E-state index in [9.17, 15) is 14.4 Å². The number of ketones is 1. The van der Waals surface area contributed by atoms with E-state index < -0.39 is 12.0 Å². The highest BCUT2D eigenvalue weighted by molar-refractivity contribution is 5.94. The van der Waals surface area contributed by atoms with Crippen molar-refractivity contribution in [2.45, 2.75) is 33.7 Å². The lowest BCUT2D eigenvalue weighted by Crippen LogP contribution is -2.45. The summed E-state index contributed by atoms with van der Waals surface area (Å²) < 4.78 is 5.21. The van der Waals surface area contributed by atoms with Gasteiger partial charge in [0, 0.05) is 12.5 Å². The molecule has 0 fully saturated rings. The molecule has 1 rings (SSSR count). The van der Waals surface area contributed by atoms with Crippen molar-refractivity contribution in [2.75, 3.05) is 0 Å². The number of benzene rings is 1. The Morgan fingerprint density at radius 2 is 1.60 bits per heavy atom. The van der Waals surface area contributed by atoms with Crippen molar-refractivity contribution in [3.8, 4) is 5.75 Å². The van der Waals surface area contributed by atoms with Crippen LogP contribution in [0.2, 0.25) is 0 Å². The van der Waals surface area contributed by atoms with Crippen molar-refractivity contribution >= 4 is 17.7 Å². The van der Waals surface area contributed by atoms with Gasteiger partial charge in [-0.15, -0.1) is 0 Å². The molecule has 0 bridgehead atoms. The number of nitrogens with one attached hydrogen (secondary N) is 1. The first-order chi connectivity index (χ1) is 9.31. The maximum absolute atomic E-state index is 12.0. The molecule has 0 aliphatic heterocycles. The van der Waals surface area contributed by atoms with Crippen LogP contribution >= 0.6 is 0 Å². The largest absolute Gasteiger partial charge is 0.425 e. The summed E-state index contributed by atoms with van der Waals surface area (Å²) >= 11 is 0. The van der Waals surface area contributed by atoms with Crippen molar-refractivity contribution < 1.29 is 19.1 Å². The van der Waals surface area contributed by atoms with E-state index >= 15 is 0 Å². The zero-order chi connectivity index (χ0) is 15.3. The van der Waals surface area contributed by atoms with Crippen molar-refractivity contribution in [2.24, 2.45) is 5.92 Å². The molecule has 1 aromatic rings. The van der Waals surface area contributed by atoms with E-state index in [1.807, 2.05) is 13.8 Å². The summed E-state index contributed by atoms with van der Waals surface area (Å²) in [4.78, 5) is 34.2. The minimum absolute atomic E-state index is 0.0545. The van der Waals surface area contributed by atoms with Crippen LogP contribution in [0.25, 0.3) is 0 Å². The first-order valence-corrected chi connectivity index (χ1v) is 6.41. The Hall–Kier alpha value is -2.17. The molecule has 0 aromatic heterocycles. The van der Waals surface area contributed by atoms with Gasteiger partial charge in [-0.05, 0) is 37.1 Å². The predicted molar refractivity (Wildman–Crippen MR) is 74.5 cm³/mol. The third-order valence-corrected chi connectivity index (χ3v) is 2.76. The van der Waals surface area contributed by atoms with Crippen LogP contribution in [0, 0.1) is 5.92 Å². The normalized spacial score (nSPS) is 11.8. The second kappa shape index (κ2) is 6.84. The van der Waals surface area contributed by atoms with Gasteiger partial charge in [-0.2, -0.15) is 0 Å². The van der Waals surface area contributed by atoms with Crippen molar-refractivity contribution in [3.63, 3.8) is 0 Å². The van der Waals surface area contributed by atoms with Crippen molar-refractivity contribution in [1.29, 1.82) is 0 Å². The molecule has 0 unspecified atom stereocenters. The van der Waals surface area contributed by atoms with Crippen LogP contribution in [0.5, 0.6) is 5.75 Å². The fourth-order valence-electron chi connectivity index (χ4n) is 1.65. The van der Waals surface area contributed by atoms with Gasteiger partial charge < -0.3 is 10.1 Å². The van der Waals surface area contributed by atoms with Gasteiger partial charge in [0.15, 0.2) is 5.78 Å². The number of carbonyl (C=O) groups is 3. The summed E-state index contributed by atoms with van der Waals surface area (Å²) in [5, 5.41) is 2.56. The molecular formula is C15H19NO4. The summed E-state index contributed by atoms with van der Waals surface area (Å²) in [6, 6.07) is 5.60. The molecule has 20 heavy (non-hydrogen) atoms. The molecule has 5 nitrogen and oxygen atoms in total. The highest BCUT2D eigenvalue weighted by atomic mass is 16.5. The number of Topliss-reactive ketones (excluding diaryl/α,β-unsaturated/α-hetero) is 1. The van der Waals surface area contributed by atoms with E-state index in [1.54, 1.807) is 24.3 Å². The van der Waals surface area contributed by atoms with E-state index in [0.717, 1.165) is 0 Å². The predicted octanol–water partition coefficient (Wildman–Crippen LogP) is 1.96. The first kappa shape index (κ1) is 15.9. The quantitative estimate of drug-likeness (QED) is 0.507. The van der Waals surface area contributed by atoms with Gasteiger partial charge in [-0.1, -0.05) is 13.8 Å². The molecule has 0 aliphatic carbocycles. The average molecular weight is 277 g/mol. The minimum atomic E-state index is -0.694. The summed E-state index contributed by atoms with van der Waals surface area (Å²) in [5.74, 6) is -0.599. The fourth-order valence-corrected chi connectivity index (χ4v) is 1.65. The summed E-state index contributed by atoms with van der Waals surface area (Å²) in [6.45, 7) is 6.46. The zero-order valence-corrected chi connectivity index (χ0v) is 12.1. The second-order valence-electron chi connectivity index (χ2n) is 4.92. The topological polar surface area (TPSA) is 72.5 Å². The van der Waals surface area contributed by atoms with Gasteiger partial charge in [-0.25, -0.2) is 4.79 Å². The molecule has 0 spiro atoms. The van der Waals surface area contributed by atoms with Crippen LogP contribution in [0.4, 0.5) is 0 Å². The Balaban J connectivity index is 2.77. The van der Waals surface area contributed by atoms with E-state index in [-0.39, 0.29) is 17.6 Å². The van der Waals surface area contributed by atoms with Gasteiger partial charge >= 0.3 is 5.97 Å². The number of ether oxygens (including phenoxy) is 1. The lowest BCUT2D eigenvalue weighted by molar-refractivity contribution is -0.140. The molecule has 108 valence electrons. The average Bonchev–Trinajstić information content (AvgIpc) is 2.35. The van der Waals surface area contributed by atoms with Crippen LogP contribution in [0.1, 0.15) is 38.1 Å². The van der Waals surface area contributed by atoms with E-state index in [2.05, 4.69) is 5.32 Å². The molecular weight excluding hydrogens is 258 g/mol. The zero-order valence-electron chi connectivity index (χ0n) is 12.1. The van der Waals surface area contributed by atoms with Crippen LogP contribution in [-0.2, 0) is 9.59 Å². The fraction of sp³-hybridized carbons (Fsp3) is 0.400. The third-order valence-electron chi connectivity index (χ3n) is 2.76. The number of hydrogen-bond donors (Lipinski definition) is 1. The Labute approximate surface area is 118 Å². The van der Waals surface area contributed by atoms with Crippen molar-refractivity contribution in [1.82, 2.24) is 5.32 Å². The van der Waals surface area contributed by atoms with Gasteiger partial charge in [-0.3, -0.25) is 9.59 Å². The number of esters is 1. The van der Waals surface area contributed by atoms with Gasteiger partial charge in [0.2, 0.25) is 5.91 Å². The smallest absolute Gasteiger partial charge is 0.334 e. The third kappa shape index (κ3) is 4.50. The molecule has 0 radical (unpaired) electrons. The standard InChI is InChI=1S/C15H19NO4/c1-9(2)14(16-11(4)18)15(19)20-13-7-5-12(6-8-13)10(3)17/h5-9,14H,1-4H3,(H,16,18)/t14-/m0/s1. The number of rotatable bonds is 5. The summed E-state index contributed by atoms with van der Waals surface area (Å²) in [7, 11) is 0. The Bertz CT molecular complexity index is 505. The summed E-state index contributed by atoms with van der Waals surface area (Å²) in [5.41, 5.74) is 0.548. The highest BCUT2D eigenvalue weighted by Crippen LogP contribution is 2.14. The maximum Gasteiger partial charge on any atom is 0.334 e. The van der Waals surface area contributed by atoms with Crippen molar-refractivity contribution in [3.05, 3.63) is 29.8 Å². The van der Waals surface area contributed by atoms with Gasteiger partial charge in [0.05, 0.1) is 0 Å².